The van der Waals surface area contributed by atoms with Crippen molar-refractivity contribution in [2.45, 2.75) is 31.7 Å². The van der Waals surface area contributed by atoms with Gasteiger partial charge < -0.3 is 15.2 Å². The molecule has 1 heterocycles. The monoisotopic (exact) mass is 297 g/mol. The summed E-state index contributed by atoms with van der Waals surface area (Å²) in [6, 6.07) is 2.00. The van der Waals surface area contributed by atoms with E-state index in [2.05, 4.69) is 22.9 Å². The molecular weight excluding hydrogens is 282 g/mol. The van der Waals surface area contributed by atoms with Crippen molar-refractivity contribution >= 4 is 15.9 Å². The highest BCUT2D eigenvalue weighted by Crippen LogP contribution is 2.44. The van der Waals surface area contributed by atoms with Gasteiger partial charge in [-0.05, 0) is 43.4 Å². The van der Waals surface area contributed by atoms with E-state index in [0.29, 0.717) is 13.2 Å². The third kappa shape index (κ3) is 2.04. The van der Waals surface area contributed by atoms with Gasteiger partial charge in [-0.2, -0.15) is 0 Å². The predicted molar refractivity (Wildman–Crippen MR) is 69.7 cm³/mol. The summed E-state index contributed by atoms with van der Waals surface area (Å²) < 4.78 is 12.4. The SMILES string of the molecule is Cc1c(CC2(N)CC2)c(Br)cc2c1OCCO2. The number of ether oxygens (including phenoxy) is 2. The second kappa shape index (κ2) is 3.89. The van der Waals surface area contributed by atoms with Gasteiger partial charge >= 0.3 is 0 Å². The number of halogens is 1. The van der Waals surface area contributed by atoms with Crippen LogP contribution in [-0.2, 0) is 6.42 Å². The van der Waals surface area contributed by atoms with E-state index in [0.717, 1.165) is 40.8 Å². The van der Waals surface area contributed by atoms with Gasteiger partial charge in [0, 0.05) is 10.0 Å². The molecule has 92 valence electrons. The van der Waals surface area contributed by atoms with E-state index in [1.807, 2.05) is 6.07 Å². The summed E-state index contributed by atoms with van der Waals surface area (Å²) in [5, 5.41) is 0. The zero-order chi connectivity index (χ0) is 12.0. The lowest BCUT2D eigenvalue weighted by Crippen LogP contribution is -2.25. The van der Waals surface area contributed by atoms with Gasteiger partial charge in [0.2, 0.25) is 0 Å². The van der Waals surface area contributed by atoms with E-state index in [1.54, 1.807) is 0 Å². The van der Waals surface area contributed by atoms with Crippen LogP contribution in [0.1, 0.15) is 24.0 Å². The highest BCUT2D eigenvalue weighted by atomic mass is 79.9. The van der Waals surface area contributed by atoms with Crippen LogP contribution in [0.25, 0.3) is 0 Å². The summed E-state index contributed by atoms with van der Waals surface area (Å²) >= 11 is 3.62. The molecule has 17 heavy (non-hydrogen) atoms. The molecule has 3 nitrogen and oxygen atoms in total. The predicted octanol–water partition coefficient (Wildman–Crippen LogP) is 2.56. The molecule has 1 saturated carbocycles. The molecule has 1 fully saturated rings. The summed E-state index contributed by atoms with van der Waals surface area (Å²) in [6.07, 6.45) is 3.15. The molecule has 0 bridgehead atoms. The molecular formula is C13H16BrNO2. The molecule has 0 amide bonds. The Balaban J connectivity index is 2.02. The average Bonchev–Trinajstić information content (AvgIpc) is 3.03. The highest BCUT2D eigenvalue weighted by molar-refractivity contribution is 9.10. The molecule has 0 radical (unpaired) electrons. The topological polar surface area (TPSA) is 44.5 Å². The lowest BCUT2D eigenvalue weighted by molar-refractivity contribution is 0.170. The number of benzene rings is 1. The first-order chi connectivity index (χ1) is 8.09. The molecule has 1 aromatic rings. The minimum Gasteiger partial charge on any atom is -0.486 e. The Hall–Kier alpha value is -0.740. The number of hydrogen-bond acceptors (Lipinski definition) is 3. The lowest BCUT2D eigenvalue weighted by Gasteiger charge is -2.23. The first-order valence-corrected chi connectivity index (χ1v) is 6.75. The van der Waals surface area contributed by atoms with Crippen molar-refractivity contribution in [1.29, 1.82) is 0 Å². The van der Waals surface area contributed by atoms with Crippen molar-refractivity contribution in [3.05, 3.63) is 21.7 Å². The zero-order valence-electron chi connectivity index (χ0n) is 9.88. The molecule has 1 aromatic carbocycles. The molecule has 0 unspecified atom stereocenters. The first kappa shape index (κ1) is 11.4. The smallest absolute Gasteiger partial charge is 0.164 e. The van der Waals surface area contributed by atoms with Crippen LogP contribution in [0.4, 0.5) is 0 Å². The van der Waals surface area contributed by atoms with Crippen molar-refractivity contribution in [2.24, 2.45) is 5.73 Å². The van der Waals surface area contributed by atoms with Crippen LogP contribution in [0.5, 0.6) is 11.5 Å². The molecule has 1 aliphatic heterocycles. The van der Waals surface area contributed by atoms with E-state index in [4.69, 9.17) is 15.2 Å². The third-order valence-electron chi connectivity index (χ3n) is 3.57. The fourth-order valence-corrected chi connectivity index (χ4v) is 2.90. The summed E-state index contributed by atoms with van der Waals surface area (Å²) in [5.41, 5.74) is 8.63. The maximum Gasteiger partial charge on any atom is 0.164 e. The van der Waals surface area contributed by atoms with Crippen molar-refractivity contribution in [3.63, 3.8) is 0 Å². The van der Waals surface area contributed by atoms with Gasteiger partial charge in [0.1, 0.15) is 13.2 Å². The Bertz CT molecular complexity index is 469. The Morgan fingerprint density at radius 2 is 2.06 bits per heavy atom. The van der Waals surface area contributed by atoms with Crippen molar-refractivity contribution in [3.8, 4) is 11.5 Å². The highest BCUT2D eigenvalue weighted by Gasteiger charge is 2.39. The summed E-state index contributed by atoms with van der Waals surface area (Å²) in [4.78, 5) is 0. The molecule has 0 spiro atoms. The van der Waals surface area contributed by atoms with Crippen molar-refractivity contribution in [1.82, 2.24) is 0 Å². The largest absolute Gasteiger partial charge is 0.486 e. The van der Waals surface area contributed by atoms with Gasteiger partial charge in [-0.15, -0.1) is 0 Å². The fourth-order valence-electron chi connectivity index (χ4n) is 2.26. The quantitative estimate of drug-likeness (QED) is 0.912. The Morgan fingerprint density at radius 1 is 1.35 bits per heavy atom. The molecule has 0 atom stereocenters. The van der Waals surface area contributed by atoms with E-state index in [-0.39, 0.29) is 5.54 Å². The average molecular weight is 298 g/mol. The van der Waals surface area contributed by atoms with Crippen LogP contribution in [-0.4, -0.2) is 18.8 Å². The van der Waals surface area contributed by atoms with Gasteiger partial charge in [0.25, 0.3) is 0 Å². The van der Waals surface area contributed by atoms with Gasteiger partial charge in [0.15, 0.2) is 11.5 Å². The van der Waals surface area contributed by atoms with Gasteiger partial charge in [-0.3, -0.25) is 0 Å². The van der Waals surface area contributed by atoms with Gasteiger partial charge in [-0.25, -0.2) is 0 Å². The normalized spacial score (nSPS) is 20.2. The van der Waals surface area contributed by atoms with E-state index >= 15 is 0 Å². The van der Waals surface area contributed by atoms with E-state index in [1.165, 1.54) is 5.56 Å². The Morgan fingerprint density at radius 3 is 2.76 bits per heavy atom. The number of hydrogen-bond donors (Lipinski definition) is 1. The minimum atomic E-state index is 0.0110. The summed E-state index contributed by atoms with van der Waals surface area (Å²) in [7, 11) is 0. The van der Waals surface area contributed by atoms with Crippen molar-refractivity contribution in [2.75, 3.05) is 13.2 Å². The molecule has 2 N–H and O–H groups in total. The third-order valence-corrected chi connectivity index (χ3v) is 4.28. The first-order valence-electron chi connectivity index (χ1n) is 5.95. The molecule has 3 rings (SSSR count). The number of nitrogens with two attached hydrogens (primary N) is 1. The standard InChI is InChI=1S/C13H16BrNO2/c1-8-9(7-13(15)2-3-13)10(14)6-11-12(8)17-5-4-16-11/h6H,2-5,7,15H2,1H3. The van der Waals surface area contributed by atoms with Crippen LogP contribution in [0.15, 0.2) is 10.5 Å². The van der Waals surface area contributed by atoms with Crippen LogP contribution >= 0.6 is 15.9 Å². The van der Waals surface area contributed by atoms with Crippen LogP contribution in [0, 0.1) is 6.92 Å². The van der Waals surface area contributed by atoms with E-state index in [9.17, 15) is 0 Å². The van der Waals surface area contributed by atoms with Crippen LogP contribution < -0.4 is 15.2 Å². The second-order valence-electron chi connectivity index (χ2n) is 5.03. The lowest BCUT2D eigenvalue weighted by atomic mass is 9.99. The van der Waals surface area contributed by atoms with Crippen molar-refractivity contribution < 1.29 is 9.47 Å². The number of rotatable bonds is 2. The molecule has 4 heteroatoms. The van der Waals surface area contributed by atoms with Gasteiger partial charge in [0.05, 0.1) is 0 Å². The molecule has 0 aromatic heterocycles. The fraction of sp³-hybridized carbons (Fsp3) is 0.538. The van der Waals surface area contributed by atoms with Crippen LogP contribution in [0.2, 0.25) is 0 Å². The van der Waals surface area contributed by atoms with E-state index < -0.39 is 0 Å². The second-order valence-corrected chi connectivity index (χ2v) is 5.88. The summed E-state index contributed by atoms with van der Waals surface area (Å²) in [6.45, 7) is 3.33. The molecule has 1 aliphatic carbocycles. The maximum atomic E-state index is 6.20. The minimum absolute atomic E-state index is 0.0110. The Labute approximate surface area is 109 Å². The molecule has 0 saturated heterocycles. The van der Waals surface area contributed by atoms with Crippen LogP contribution in [0.3, 0.4) is 0 Å². The van der Waals surface area contributed by atoms with Gasteiger partial charge in [-0.1, -0.05) is 15.9 Å². The Kier molecular flexibility index (Phi) is 2.60. The summed E-state index contributed by atoms with van der Waals surface area (Å²) in [5.74, 6) is 1.73. The number of fused-ring (bicyclic) bond motifs is 1. The zero-order valence-corrected chi connectivity index (χ0v) is 11.5. The maximum absolute atomic E-state index is 6.20. The molecule has 2 aliphatic rings.